The van der Waals surface area contributed by atoms with Crippen LogP contribution in [-0.4, -0.2) is 36.6 Å². The van der Waals surface area contributed by atoms with Crippen molar-refractivity contribution in [2.24, 2.45) is 0 Å². The third-order valence-electron chi connectivity index (χ3n) is 3.41. The van der Waals surface area contributed by atoms with Gasteiger partial charge in [0.2, 0.25) is 6.41 Å². The van der Waals surface area contributed by atoms with Gasteiger partial charge in [-0.3, -0.25) is 4.79 Å². The molecule has 1 aliphatic heterocycles. The molecule has 1 heterocycles. The van der Waals surface area contributed by atoms with Crippen LogP contribution >= 0.6 is 0 Å². The number of carbonyl (C=O) groups excluding carboxylic acids is 2. The average molecular weight is 278 g/mol. The van der Waals surface area contributed by atoms with Crippen LogP contribution in [0.15, 0.2) is 35.5 Å². The number of methoxy groups -OCH3 is 1. The van der Waals surface area contributed by atoms with Gasteiger partial charge in [-0.25, -0.2) is 19.2 Å². The van der Waals surface area contributed by atoms with E-state index in [1.165, 1.54) is 24.3 Å². The zero-order valence-corrected chi connectivity index (χ0v) is 11.5. The summed E-state index contributed by atoms with van der Waals surface area (Å²) in [7, 11) is 2.97. The highest BCUT2D eigenvalue weighted by atomic mass is 19.1. The number of ether oxygens (including phenoxy) is 1. The van der Waals surface area contributed by atoms with Gasteiger partial charge in [0.1, 0.15) is 5.82 Å². The minimum Gasteiger partial charge on any atom is -0.466 e. The maximum absolute atomic E-state index is 13.0. The average Bonchev–Trinajstić information content (AvgIpc) is 2.70. The van der Waals surface area contributed by atoms with Crippen LogP contribution in [0.4, 0.5) is 4.39 Å². The quantitative estimate of drug-likeness (QED) is 0.623. The van der Waals surface area contributed by atoms with Crippen LogP contribution in [0.2, 0.25) is 0 Å². The normalized spacial score (nSPS) is 19.4. The number of benzene rings is 1. The standard InChI is InChI=1S/C14H15FN2O3/c1-9-12(14(19)20-3)13(16(2)17(9)8-18)10-4-6-11(15)7-5-10/h4-8,13H,1-3H3. The molecule has 0 spiro atoms. The minimum absolute atomic E-state index is 0.359. The van der Waals surface area contributed by atoms with E-state index in [1.807, 2.05) is 0 Å². The molecule has 0 aliphatic carbocycles. The van der Waals surface area contributed by atoms with Crippen molar-refractivity contribution in [1.29, 1.82) is 0 Å². The Kier molecular flexibility index (Phi) is 3.85. The lowest BCUT2D eigenvalue weighted by atomic mass is 9.98. The Morgan fingerprint density at radius 2 is 1.95 bits per heavy atom. The number of hydrazine groups is 1. The smallest absolute Gasteiger partial charge is 0.337 e. The molecule has 0 N–H and O–H groups in total. The van der Waals surface area contributed by atoms with Crippen molar-refractivity contribution in [1.82, 2.24) is 10.0 Å². The number of carbonyl (C=O) groups is 2. The lowest BCUT2D eigenvalue weighted by Gasteiger charge is -2.27. The van der Waals surface area contributed by atoms with Crippen LogP contribution in [0.3, 0.4) is 0 Å². The van der Waals surface area contributed by atoms with Gasteiger partial charge in [-0.1, -0.05) is 12.1 Å². The van der Waals surface area contributed by atoms with Crippen molar-refractivity contribution >= 4 is 12.4 Å². The number of nitrogens with zero attached hydrogens (tertiary/aromatic N) is 2. The molecule has 2 rings (SSSR count). The van der Waals surface area contributed by atoms with Gasteiger partial charge in [0.25, 0.3) is 0 Å². The first kappa shape index (κ1) is 14.2. The Hall–Kier alpha value is -2.21. The molecule has 0 aromatic heterocycles. The highest BCUT2D eigenvalue weighted by Gasteiger charge is 2.39. The Morgan fingerprint density at radius 1 is 1.35 bits per heavy atom. The van der Waals surface area contributed by atoms with E-state index < -0.39 is 12.0 Å². The van der Waals surface area contributed by atoms with Crippen molar-refractivity contribution in [3.8, 4) is 0 Å². The van der Waals surface area contributed by atoms with Crippen molar-refractivity contribution in [3.05, 3.63) is 46.9 Å². The van der Waals surface area contributed by atoms with Gasteiger partial charge < -0.3 is 4.74 Å². The SMILES string of the molecule is COC(=O)C1=C(C)N(C=O)N(C)C1c1ccc(F)cc1. The molecule has 20 heavy (non-hydrogen) atoms. The fraction of sp³-hybridized carbons (Fsp3) is 0.286. The van der Waals surface area contributed by atoms with Gasteiger partial charge in [0, 0.05) is 12.7 Å². The largest absolute Gasteiger partial charge is 0.466 e. The third kappa shape index (κ3) is 2.18. The molecule has 1 atom stereocenters. The van der Waals surface area contributed by atoms with E-state index in [1.54, 1.807) is 31.1 Å². The van der Waals surface area contributed by atoms with Crippen molar-refractivity contribution in [2.45, 2.75) is 13.0 Å². The summed E-state index contributed by atoms with van der Waals surface area (Å²) in [5.41, 5.74) is 1.58. The predicted octanol–water partition coefficient (Wildman–Crippen LogP) is 1.63. The van der Waals surface area contributed by atoms with Crippen molar-refractivity contribution in [3.63, 3.8) is 0 Å². The summed E-state index contributed by atoms with van der Waals surface area (Å²) in [5, 5.41) is 2.95. The summed E-state index contributed by atoms with van der Waals surface area (Å²) < 4.78 is 17.8. The lowest BCUT2D eigenvalue weighted by Crippen LogP contribution is -2.34. The van der Waals surface area contributed by atoms with E-state index in [0.29, 0.717) is 23.2 Å². The van der Waals surface area contributed by atoms with Crippen LogP contribution in [0.25, 0.3) is 0 Å². The summed E-state index contributed by atoms with van der Waals surface area (Å²) in [6, 6.07) is 5.32. The molecule has 5 nitrogen and oxygen atoms in total. The molecule has 0 radical (unpaired) electrons. The highest BCUT2D eigenvalue weighted by molar-refractivity contribution is 5.92. The molecule has 106 valence electrons. The van der Waals surface area contributed by atoms with Gasteiger partial charge in [0.05, 0.1) is 18.7 Å². The molecule has 1 aliphatic rings. The van der Waals surface area contributed by atoms with Crippen LogP contribution in [0.1, 0.15) is 18.5 Å². The summed E-state index contributed by atoms with van der Waals surface area (Å²) in [6.45, 7) is 1.67. The fourth-order valence-electron chi connectivity index (χ4n) is 2.42. The molecule has 1 unspecified atom stereocenters. The van der Waals surface area contributed by atoms with Crippen molar-refractivity contribution in [2.75, 3.05) is 14.2 Å². The number of hydrogen-bond donors (Lipinski definition) is 0. The van der Waals surface area contributed by atoms with Gasteiger partial charge in [0.15, 0.2) is 0 Å². The van der Waals surface area contributed by atoms with E-state index in [9.17, 15) is 14.0 Å². The Morgan fingerprint density at radius 3 is 2.45 bits per heavy atom. The number of likely N-dealkylation sites (N-methyl/N-ethyl adjacent to an activating group) is 1. The van der Waals surface area contributed by atoms with E-state index in [-0.39, 0.29) is 5.82 Å². The maximum Gasteiger partial charge on any atom is 0.337 e. The molecular weight excluding hydrogens is 263 g/mol. The second-order valence-corrected chi connectivity index (χ2v) is 4.47. The summed E-state index contributed by atoms with van der Waals surface area (Å²) in [6.07, 6.45) is 0.627. The second kappa shape index (κ2) is 5.42. The highest BCUT2D eigenvalue weighted by Crippen LogP contribution is 2.38. The zero-order chi connectivity index (χ0) is 14.9. The Bertz CT molecular complexity index is 568. The van der Waals surface area contributed by atoms with E-state index in [0.717, 1.165) is 0 Å². The molecule has 0 saturated heterocycles. The third-order valence-corrected chi connectivity index (χ3v) is 3.41. The Balaban J connectivity index is 2.51. The fourth-order valence-corrected chi connectivity index (χ4v) is 2.42. The topological polar surface area (TPSA) is 49.9 Å². The first-order valence-electron chi connectivity index (χ1n) is 6.03. The first-order chi connectivity index (χ1) is 9.51. The molecule has 6 heteroatoms. The van der Waals surface area contributed by atoms with Crippen molar-refractivity contribution < 1.29 is 18.7 Å². The van der Waals surface area contributed by atoms with Crippen LogP contribution in [0.5, 0.6) is 0 Å². The number of hydrogen-bond acceptors (Lipinski definition) is 4. The number of allylic oxidation sites excluding steroid dienone is 1. The molecule has 0 bridgehead atoms. The zero-order valence-electron chi connectivity index (χ0n) is 11.5. The number of halogens is 1. The Labute approximate surface area is 116 Å². The molecule has 1 amide bonds. The molecule has 0 saturated carbocycles. The molecule has 1 aromatic rings. The van der Waals surface area contributed by atoms with Gasteiger partial charge >= 0.3 is 5.97 Å². The summed E-state index contributed by atoms with van der Waals surface area (Å²) >= 11 is 0. The van der Waals surface area contributed by atoms with Crippen LogP contribution < -0.4 is 0 Å². The minimum atomic E-state index is -0.506. The van der Waals surface area contributed by atoms with Crippen LogP contribution in [0, 0.1) is 5.82 Å². The number of esters is 1. The molecular formula is C14H15FN2O3. The number of rotatable bonds is 3. The monoisotopic (exact) mass is 278 g/mol. The van der Waals surface area contributed by atoms with Gasteiger partial charge in [-0.05, 0) is 24.6 Å². The predicted molar refractivity (Wildman–Crippen MR) is 69.5 cm³/mol. The van der Waals surface area contributed by atoms with E-state index in [4.69, 9.17) is 4.74 Å². The van der Waals surface area contributed by atoms with Gasteiger partial charge in [-0.15, -0.1) is 0 Å². The first-order valence-corrected chi connectivity index (χ1v) is 6.03. The molecule has 0 fully saturated rings. The van der Waals surface area contributed by atoms with E-state index >= 15 is 0 Å². The number of amides is 1. The maximum atomic E-state index is 13.0. The summed E-state index contributed by atoms with van der Waals surface area (Å²) in [5.74, 6) is -0.866. The van der Waals surface area contributed by atoms with Crippen LogP contribution in [-0.2, 0) is 14.3 Å². The molecule has 1 aromatic carbocycles. The van der Waals surface area contributed by atoms with Gasteiger partial charge in [-0.2, -0.15) is 0 Å². The second-order valence-electron chi connectivity index (χ2n) is 4.47. The summed E-state index contributed by atoms with van der Waals surface area (Å²) in [4.78, 5) is 23.1. The lowest BCUT2D eigenvalue weighted by molar-refractivity contribution is -0.137. The van der Waals surface area contributed by atoms with E-state index in [2.05, 4.69) is 0 Å².